The zero-order chi connectivity index (χ0) is 11.7. The Kier molecular flexibility index (Phi) is 2.83. The van der Waals surface area contributed by atoms with Crippen LogP contribution in [-0.4, -0.2) is 29.8 Å². The summed E-state index contributed by atoms with van der Waals surface area (Å²) in [4.78, 5) is 12.7. The number of benzene rings is 1. The number of hydrogen-bond acceptors (Lipinski definition) is 3. The first kappa shape index (κ1) is 11.0. The minimum atomic E-state index is -0.892. The Morgan fingerprint density at radius 1 is 1.56 bits per heavy atom. The molecule has 0 aromatic heterocycles. The average molecular weight is 221 g/mol. The third kappa shape index (κ3) is 1.76. The van der Waals surface area contributed by atoms with Crippen molar-refractivity contribution in [1.82, 2.24) is 4.90 Å². The number of aliphatic hydroxyl groups excluding tert-OH is 1. The maximum Gasteiger partial charge on any atom is 0.411 e. The molecule has 1 aromatic carbocycles. The molecule has 16 heavy (non-hydrogen) atoms. The molecule has 0 saturated heterocycles. The number of aryl methyl sites for hydroxylation is 1. The molecular weight excluding hydrogens is 206 g/mol. The Hall–Kier alpha value is -1.55. The van der Waals surface area contributed by atoms with Gasteiger partial charge >= 0.3 is 6.09 Å². The van der Waals surface area contributed by atoms with Gasteiger partial charge in [0.15, 0.2) is 6.23 Å². The molecule has 0 aliphatic carbocycles. The van der Waals surface area contributed by atoms with Gasteiger partial charge < -0.3 is 9.84 Å². The largest absolute Gasteiger partial charge is 0.453 e. The molecule has 1 aliphatic heterocycles. The molecule has 4 nitrogen and oxygen atoms in total. The van der Waals surface area contributed by atoms with E-state index in [0.717, 1.165) is 23.1 Å². The van der Waals surface area contributed by atoms with Crippen molar-refractivity contribution < 1.29 is 14.6 Å². The van der Waals surface area contributed by atoms with Gasteiger partial charge in [-0.2, -0.15) is 0 Å². The summed E-state index contributed by atoms with van der Waals surface area (Å²) in [5.74, 6) is 0. The summed E-state index contributed by atoms with van der Waals surface area (Å²) in [5.41, 5.74) is 3.06. The van der Waals surface area contributed by atoms with E-state index >= 15 is 0 Å². The van der Waals surface area contributed by atoms with Crippen LogP contribution in [0.3, 0.4) is 0 Å². The molecule has 0 bridgehead atoms. The van der Waals surface area contributed by atoms with Crippen LogP contribution in [0, 0.1) is 6.92 Å². The van der Waals surface area contributed by atoms with Crippen molar-refractivity contribution in [3.63, 3.8) is 0 Å². The van der Waals surface area contributed by atoms with Crippen LogP contribution in [0.2, 0.25) is 0 Å². The van der Waals surface area contributed by atoms with Gasteiger partial charge in [-0.3, -0.25) is 4.90 Å². The number of carbonyl (C=O) groups excluding carboxylic acids is 1. The van der Waals surface area contributed by atoms with Crippen molar-refractivity contribution in [3.05, 3.63) is 34.9 Å². The van der Waals surface area contributed by atoms with Crippen LogP contribution in [0.25, 0.3) is 0 Å². The van der Waals surface area contributed by atoms with Gasteiger partial charge in [0.1, 0.15) is 0 Å². The molecule has 0 radical (unpaired) electrons. The lowest BCUT2D eigenvalue weighted by Crippen LogP contribution is -2.39. The fourth-order valence-electron chi connectivity index (χ4n) is 2.04. The Morgan fingerprint density at radius 3 is 3.00 bits per heavy atom. The van der Waals surface area contributed by atoms with Crippen molar-refractivity contribution in [2.24, 2.45) is 0 Å². The number of hydrogen-bond donors (Lipinski definition) is 1. The van der Waals surface area contributed by atoms with E-state index in [9.17, 15) is 9.90 Å². The first-order valence-electron chi connectivity index (χ1n) is 5.25. The average Bonchev–Trinajstić information content (AvgIpc) is 2.28. The highest BCUT2D eigenvalue weighted by Gasteiger charge is 2.29. The fourth-order valence-corrected chi connectivity index (χ4v) is 2.04. The molecule has 4 heteroatoms. The molecule has 1 atom stereocenters. The summed E-state index contributed by atoms with van der Waals surface area (Å²) < 4.78 is 4.63. The van der Waals surface area contributed by atoms with Gasteiger partial charge in [0, 0.05) is 12.1 Å². The van der Waals surface area contributed by atoms with Gasteiger partial charge in [0.2, 0.25) is 0 Å². The summed E-state index contributed by atoms with van der Waals surface area (Å²) in [6, 6.07) is 5.85. The highest BCUT2D eigenvalue weighted by atomic mass is 16.5. The van der Waals surface area contributed by atoms with Crippen molar-refractivity contribution in [2.45, 2.75) is 19.6 Å². The lowest BCUT2D eigenvalue weighted by Gasteiger charge is -2.32. The van der Waals surface area contributed by atoms with Crippen LogP contribution >= 0.6 is 0 Å². The molecule has 2 rings (SSSR count). The number of methoxy groups -OCH3 is 1. The molecule has 1 N–H and O–H groups in total. The topological polar surface area (TPSA) is 49.8 Å². The molecule has 0 saturated carbocycles. The van der Waals surface area contributed by atoms with E-state index in [-0.39, 0.29) is 0 Å². The van der Waals surface area contributed by atoms with Gasteiger partial charge in [-0.15, -0.1) is 0 Å². The molecule has 1 heterocycles. The molecule has 0 spiro atoms. The summed E-state index contributed by atoms with van der Waals surface area (Å²) in [5, 5.41) is 10.0. The lowest BCUT2D eigenvalue weighted by molar-refractivity contribution is -0.00212. The van der Waals surface area contributed by atoms with Crippen molar-refractivity contribution in [1.29, 1.82) is 0 Å². The zero-order valence-electron chi connectivity index (χ0n) is 9.43. The van der Waals surface area contributed by atoms with Crippen molar-refractivity contribution in [2.75, 3.05) is 13.7 Å². The number of fused-ring (bicyclic) bond motifs is 1. The quantitative estimate of drug-likeness (QED) is 0.724. The van der Waals surface area contributed by atoms with E-state index in [1.807, 2.05) is 25.1 Å². The molecule has 86 valence electrons. The third-order valence-electron chi connectivity index (χ3n) is 2.90. The smallest absolute Gasteiger partial charge is 0.411 e. The van der Waals surface area contributed by atoms with Gasteiger partial charge in [0.05, 0.1) is 7.11 Å². The number of carbonyl (C=O) groups is 1. The fraction of sp³-hybridized carbons (Fsp3) is 0.417. The van der Waals surface area contributed by atoms with E-state index < -0.39 is 12.3 Å². The highest BCUT2D eigenvalue weighted by molar-refractivity contribution is 5.68. The summed E-state index contributed by atoms with van der Waals surface area (Å²) in [6.45, 7) is 2.50. The third-order valence-corrected chi connectivity index (χ3v) is 2.90. The molecule has 1 unspecified atom stereocenters. The number of ether oxygens (including phenoxy) is 1. The standard InChI is InChI=1S/C12H15NO3/c1-8-3-4-10-9(7-8)5-6-13(11(10)14)12(15)16-2/h3-4,7,11,14H,5-6H2,1-2H3. The Bertz CT molecular complexity index is 417. The Labute approximate surface area is 94.4 Å². The Balaban J connectivity index is 2.32. The van der Waals surface area contributed by atoms with Gasteiger partial charge in [-0.05, 0) is 18.9 Å². The minimum absolute atomic E-state index is 0.487. The highest BCUT2D eigenvalue weighted by Crippen LogP contribution is 2.28. The van der Waals surface area contributed by atoms with E-state index in [4.69, 9.17) is 0 Å². The second-order valence-electron chi connectivity index (χ2n) is 3.99. The monoisotopic (exact) mass is 221 g/mol. The second kappa shape index (κ2) is 4.14. The van der Waals surface area contributed by atoms with E-state index in [2.05, 4.69) is 4.74 Å². The predicted octanol–water partition coefficient (Wildman–Crippen LogP) is 1.61. The maximum absolute atomic E-state index is 11.4. The molecule has 1 amide bonds. The summed E-state index contributed by atoms with van der Waals surface area (Å²) in [7, 11) is 1.32. The van der Waals surface area contributed by atoms with E-state index in [1.54, 1.807) is 0 Å². The molecule has 1 aliphatic rings. The van der Waals surface area contributed by atoms with E-state index in [1.165, 1.54) is 12.0 Å². The molecule has 0 fully saturated rings. The molecular formula is C12H15NO3. The van der Waals surface area contributed by atoms with Crippen LogP contribution in [0.1, 0.15) is 22.9 Å². The number of amides is 1. The van der Waals surface area contributed by atoms with Crippen LogP contribution < -0.4 is 0 Å². The van der Waals surface area contributed by atoms with E-state index in [0.29, 0.717) is 6.54 Å². The van der Waals surface area contributed by atoms with Gasteiger partial charge in [0.25, 0.3) is 0 Å². The first-order chi connectivity index (χ1) is 7.63. The van der Waals surface area contributed by atoms with Crippen LogP contribution in [-0.2, 0) is 11.2 Å². The SMILES string of the molecule is COC(=O)N1CCc2cc(C)ccc2C1O. The normalized spacial score (nSPS) is 19.2. The maximum atomic E-state index is 11.4. The number of nitrogens with zero attached hydrogens (tertiary/aromatic N) is 1. The first-order valence-corrected chi connectivity index (χ1v) is 5.25. The van der Waals surface area contributed by atoms with Crippen LogP contribution in [0.15, 0.2) is 18.2 Å². The summed E-state index contributed by atoms with van der Waals surface area (Å²) >= 11 is 0. The van der Waals surface area contributed by atoms with Crippen LogP contribution in [0.4, 0.5) is 4.79 Å². The lowest BCUT2D eigenvalue weighted by atomic mass is 9.96. The number of rotatable bonds is 0. The van der Waals surface area contributed by atoms with Crippen LogP contribution in [0.5, 0.6) is 0 Å². The minimum Gasteiger partial charge on any atom is -0.453 e. The van der Waals surface area contributed by atoms with Gasteiger partial charge in [-0.25, -0.2) is 4.79 Å². The second-order valence-corrected chi connectivity index (χ2v) is 3.99. The molecule has 1 aromatic rings. The van der Waals surface area contributed by atoms with Crippen molar-refractivity contribution in [3.8, 4) is 0 Å². The zero-order valence-corrected chi connectivity index (χ0v) is 9.43. The number of aliphatic hydroxyl groups is 1. The predicted molar refractivity (Wildman–Crippen MR) is 59.0 cm³/mol. The summed E-state index contributed by atoms with van der Waals surface area (Å²) in [6.07, 6.45) is -0.626. The van der Waals surface area contributed by atoms with Gasteiger partial charge in [-0.1, -0.05) is 23.8 Å². The van der Waals surface area contributed by atoms with Crippen molar-refractivity contribution >= 4 is 6.09 Å². The Morgan fingerprint density at radius 2 is 2.31 bits per heavy atom.